The fourth-order valence-corrected chi connectivity index (χ4v) is 3.43. The Balaban J connectivity index is 2.35. The van der Waals surface area contributed by atoms with Gasteiger partial charge < -0.3 is 10.6 Å². The Bertz CT molecular complexity index is 528. The molecular weight excluding hydrogens is 278 g/mol. The number of carbonyl (C=O) groups excluding carboxylic acids is 2. The van der Waals surface area contributed by atoms with Crippen molar-refractivity contribution < 1.29 is 9.59 Å². The molecule has 2 atom stereocenters. The number of nitrogens with zero attached hydrogens (tertiary/aromatic N) is 1. The summed E-state index contributed by atoms with van der Waals surface area (Å²) in [6.45, 7) is 5.84. The monoisotopic (exact) mass is 303 g/mol. The van der Waals surface area contributed by atoms with Crippen LogP contribution in [0.4, 0.5) is 0 Å². The fraction of sp³-hybridized carbons (Fsp3) is 0.529. The number of hydrogen-bond acceptors (Lipinski definition) is 3. The third-order valence-corrected chi connectivity index (χ3v) is 4.43. The maximum atomic E-state index is 11.7. The van der Waals surface area contributed by atoms with Crippen LogP contribution in [0.15, 0.2) is 30.3 Å². The molecule has 1 heterocycles. The van der Waals surface area contributed by atoms with E-state index in [0.717, 1.165) is 6.54 Å². The normalized spacial score (nSPS) is 24.5. The molecule has 0 saturated carbocycles. The van der Waals surface area contributed by atoms with Crippen molar-refractivity contribution in [3.05, 3.63) is 35.9 Å². The zero-order valence-corrected chi connectivity index (χ0v) is 13.7. The Kier molecular flexibility index (Phi) is 4.86. The minimum atomic E-state index is -0.704. The van der Waals surface area contributed by atoms with Crippen molar-refractivity contribution in [1.82, 2.24) is 15.5 Å². The van der Waals surface area contributed by atoms with Crippen LogP contribution in [0.5, 0.6) is 0 Å². The molecule has 2 N–H and O–H groups in total. The number of hydrogen-bond donors (Lipinski definition) is 2. The highest BCUT2D eigenvalue weighted by Gasteiger charge is 2.45. The van der Waals surface area contributed by atoms with E-state index in [1.165, 1.54) is 19.4 Å². The summed E-state index contributed by atoms with van der Waals surface area (Å²) in [5.41, 5.74) is 0.488. The van der Waals surface area contributed by atoms with Gasteiger partial charge in [-0.15, -0.1) is 0 Å². The second-order valence-electron chi connectivity index (χ2n) is 6.30. The first-order chi connectivity index (χ1) is 10.3. The van der Waals surface area contributed by atoms with Crippen LogP contribution in [-0.4, -0.2) is 36.0 Å². The zero-order valence-electron chi connectivity index (χ0n) is 13.7. The maximum absolute atomic E-state index is 11.7. The van der Waals surface area contributed by atoms with Gasteiger partial charge in [-0.25, -0.2) is 0 Å². The van der Waals surface area contributed by atoms with Gasteiger partial charge in [0.05, 0.1) is 0 Å². The molecular formula is C17H25N3O2. The van der Waals surface area contributed by atoms with Gasteiger partial charge in [0.25, 0.3) is 0 Å². The van der Waals surface area contributed by atoms with Gasteiger partial charge in [0.1, 0.15) is 5.66 Å². The maximum Gasteiger partial charge on any atom is 0.218 e. The van der Waals surface area contributed by atoms with Gasteiger partial charge in [-0.2, -0.15) is 0 Å². The van der Waals surface area contributed by atoms with E-state index in [0.29, 0.717) is 6.42 Å². The minimum Gasteiger partial charge on any atom is -0.333 e. The van der Waals surface area contributed by atoms with Gasteiger partial charge >= 0.3 is 0 Å². The second-order valence-corrected chi connectivity index (χ2v) is 6.30. The van der Waals surface area contributed by atoms with Crippen LogP contribution in [0.1, 0.15) is 38.8 Å². The predicted molar refractivity (Wildman–Crippen MR) is 86.0 cm³/mol. The molecule has 1 aromatic carbocycles. The van der Waals surface area contributed by atoms with Crippen molar-refractivity contribution in [2.24, 2.45) is 5.92 Å². The molecule has 5 nitrogen and oxygen atoms in total. The third-order valence-electron chi connectivity index (χ3n) is 4.43. The van der Waals surface area contributed by atoms with Crippen molar-refractivity contribution >= 4 is 11.8 Å². The molecule has 0 aromatic heterocycles. The molecule has 0 radical (unpaired) electrons. The van der Waals surface area contributed by atoms with E-state index in [1.807, 2.05) is 18.2 Å². The molecule has 1 saturated heterocycles. The molecule has 0 aliphatic carbocycles. The number of benzene rings is 1. The highest BCUT2D eigenvalue weighted by Crippen LogP contribution is 2.37. The molecule has 0 unspecified atom stereocenters. The Labute approximate surface area is 132 Å². The topological polar surface area (TPSA) is 61.4 Å². The summed E-state index contributed by atoms with van der Waals surface area (Å²) >= 11 is 0. The van der Waals surface area contributed by atoms with E-state index in [9.17, 15) is 9.59 Å². The molecule has 0 bridgehead atoms. The van der Waals surface area contributed by atoms with Crippen LogP contribution in [0.3, 0.4) is 0 Å². The number of likely N-dealkylation sites (tertiary alicyclic amines) is 1. The van der Waals surface area contributed by atoms with Crippen molar-refractivity contribution in [2.75, 3.05) is 13.6 Å². The Morgan fingerprint density at radius 1 is 1.14 bits per heavy atom. The number of amides is 2. The first-order valence-electron chi connectivity index (χ1n) is 7.67. The summed E-state index contributed by atoms with van der Waals surface area (Å²) < 4.78 is 0. The largest absolute Gasteiger partial charge is 0.333 e. The van der Waals surface area contributed by atoms with Gasteiger partial charge in [-0.1, -0.05) is 37.3 Å². The summed E-state index contributed by atoms with van der Waals surface area (Å²) in [6.07, 6.45) is 0.647. The highest BCUT2D eigenvalue weighted by molar-refractivity contribution is 5.77. The minimum absolute atomic E-state index is 0.116. The van der Waals surface area contributed by atoms with Gasteiger partial charge in [-0.3, -0.25) is 14.5 Å². The Morgan fingerprint density at radius 2 is 1.68 bits per heavy atom. The van der Waals surface area contributed by atoms with Crippen LogP contribution >= 0.6 is 0 Å². The average Bonchev–Trinajstić information content (AvgIpc) is 2.42. The van der Waals surface area contributed by atoms with Gasteiger partial charge in [0.15, 0.2) is 0 Å². The lowest BCUT2D eigenvalue weighted by molar-refractivity contribution is -0.129. The summed E-state index contributed by atoms with van der Waals surface area (Å²) in [4.78, 5) is 25.7. The van der Waals surface area contributed by atoms with E-state index in [2.05, 4.69) is 41.6 Å². The SMILES string of the molecule is CC(=O)NC1(NC(C)=O)C[C@@H](c2ccccc2)N(C)C[C@H]1C. The highest BCUT2D eigenvalue weighted by atomic mass is 16.2. The average molecular weight is 303 g/mol. The van der Waals surface area contributed by atoms with E-state index in [-0.39, 0.29) is 23.8 Å². The fourth-order valence-electron chi connectivity index (χ4n) is 3.43. The number of piperidine rings is 1. The quantitative estimate of drug-likeness (QED) is 0.835. The summed E-state index contributed by atoms with van der Waals surface area (Å²) in [5.74, 6) is -0.140. The van der Waals surface area contributed by atoms with Crippen LogP contribution in [0.25, 0.3) is 0 Å². The number of nitrogens with one attached hydrogen (secondary N) is 2. The van der Waals surface area contributed by atoms with Crippen molar-refractivity contribution in [3.63, 3.8) is 0 Å². The van der Waals surface area contributed by atoms with Crippen LogP contribution in [-0.2, 0) is 9.59 Å². The van der Waals surface area contributed by atoms with Gasteiger partial charge in [0, 0.05) is 38.8 Å². The molecule has 2 amide bonds. The molecule has 1 aliphatic heterocycles. The van der Waals surface area contributed by atoms with E-state index in [1.54, 1.807) is 0 Å². The zero-order chi connectivity index (χ0) is 16.3. The first kappa shape index (κ1) is 16.5. The van der Waals surface area contributed by atoms with Crippen molar-refractivity contribution in [1.29, 1.82) is 0 Å². The Hall–Kier alpha value is -1.88. The molecule has 120 valence electrons. The van der Waals surface area contributed by atoms with E-state index >= 15 is 0 Å². The standard InChI is InChI=1S/C17H25N3O2/c1-12-11-20(4)16(15-8-6-5-7-9-15)10-17(12,18-13(2)21)19-14(3)22/h5-9,12,16H,10-11H2,1-4H3,(H,18,21)(H,19,22)/t12-,16+/m1/s1. The molecule has 1 fully saturated rings. The van der Waals surface area contributed by atoms with E-state index in [4.69, 9.17) is 0 Å². The number of carbonyl (C=O) groups is 2. The lowest BCUT2D eigenvalue weighted by atomic mass is 9.80. The molecule has 0 spiro atoms. The van der Waals surface area contributed by atoms with Crippen LogP contribution in [0, 0.1) is 5.92 Å². The van der Waals surface area contributed by atoms with Gasteiger partial charge in [0.2, 0.25) is 11.8 Å². The molecule has 1 aliphatic rings. The second kappa shape index (κ2) is 6.48. The van der Waals surface area contributed by atoms with Crippen LogP contribution < -0.4 is 10.6 Å². The summed E-state index contributed by atoms with van der Waals surface area (Å²) in [7, 11) is 2.08. The number of rotatable bonds is 3. The van der Waals surface area contributed by atoms with Crippen molar-refractivity contribution in [3.8, 4) is 0 Å². The van der Waals surface area contributed by atoms with E-state index < -0.39 is 5.66 Å². The van der Waals surface area contributed by atoms with Crippen LogP contribution in [0.2, 0.25) is 0 Å². The predicted octanol–water partition coefficient (Wildman–Crippen LogP) is 1.67. The smallest absolute Gasteiger partial charge is 0.218 e. The lowest BCUT2D eigenvalue weighted by Gasteiger charge is -2.50. The molecule has 5 heteroatoms. The van der Waals surface area contributed by atoms with Gasteiger partial charge in [-0.05, 0) is 12.6 Å². The van der Waals surface area contributed by atoms with Crippen molar-refractivity contribution in [2.45, 2.75) is 38.9 Å². The molecule has 22 heavy (non-hydrogen) atoms. The summed E-state index contributed by atoms with van der Waals surface area (Å²) in [6, 6.07) is 10.3. The molecule has 2 rings (SSSR count). The summed E-state index contributed by atoms with van der Waals surface area (Å²) in [5, 5.41) is 6.00. The third kappa shape index (κ3) is 3.47. The first-order valence-corrected chi connectivity index (χ1v) is 7.67. The Morgan fingerprint density at radius 3 is 2.18 bits per heavy atom. The lowest BCUT2D eigenvalue weighted by Crippen LogP contribution is -2.68. The molecule has 1 aromatic rings.